The van der Waals surface area contributed by atoms with Gasteiger partial charge in [-0.1, -0.05) is 13.3 Å². The number of rotatable bonds is 5. The van der Waals surface area contributed by atoms with E-state index in [0.717, 1.165) is 6.42 Å². The SMILES string of the molecule is CCCC1(C(=O)O)CCN(C(=O)CSC)C1. The van der Waals surface area contributed by atoms with Crippen molar-refractivity contribution >= 4 is 23.6 Å². The Bertz CT molecular complexity index is 282. The molecule has 4 nitrogen and oxygen atoms in total. The Morgan fingerprint density at radius 2 is 2.19 bits per heavy atom. The van der Waals surface area contributed by atoms with Gasteiger partial charge in [0.1, 0.15) is 0 Å². The molecule has 0 aromatic rings. The number of carboxylic acids is 1. The minimum absolute atomic E-state index is 0.0618. The zero-order valence-corrected chi connectivity index (χ0v) is 10.7. The van der Waals surface area contributed by atoms with E-state index in [4.69, 9.17) is 0 Å². The van der Waals surface area contributed by atoms with Crippen LogP contribution in [0.3, 0.4) is 0 Å². The van der Waals surface area contributed by atoms with Crippen molar-refractivity contribution in [1.82, 2.24) is 4.90 Å². The number of nitrogens with zero attached hydrogens (tertiary/aromatic N) is 1. The smallest absolute Gasteiger partial charge is 0.311 e. The van der Waals surface area contributed by atoms with Crippen molar-refractivity contribution in [3.8, 4) is 0 Å². The Hall–Kier alpha value is -0.710. The Labute approximate surface area is 100 Å². The van der Waals surface area contributed by atoms with E-state index in [0.29, 0.717) is 31.7 Å². The first kappa shape index (κ1) is 13.4. The van der Waals surface area contributed by atoms with E-state index in [1.807, 2.05) is 13.2 Å². The standard InChI is InChI=1S/C11H19NO3S/c1-3-4-11(10(14)15)5-6-12(8-11)9(13)7-16-2/h3-8H2,1-2H3,(H,14,15). The van der Waals surface area contributed by atoms with Crippen LogP contribution in [0, 0.1) is 5.41 Å². The molecule has 5 heteroatoms. The van der Waals surface area contributed by atoms with Gasteiger partial charge in [0.05, 0.1) is 11.2 Å². The van der Waals surface area contributed by atoms with Crippen molar-refractivity contribution in [2.24, 2.45) is 5.41 Å². The molecular weight excluding hydrogens is 226 g/mol. The highest BCUT2D eigenvalue weighted by atomic mass is 32.2. The molecule has 1 aliphatic rings. The molecular formula is C11H19NO3S. The van der Waals surface area contributed by atoms with E-state index in [1.165, 1.54) is 11.8 Å². The van der Waals surface area contributed by atoms with Gasteiger partial charge in [-0.25, -0.2) is 0 Å². The molecule has 1 amide bonds. The van der Waals surface area contributed by atoms with Crippen LogP contribution >= 0.6 is 11.8 Å². The van der Waals surface area contributed by atoms with Crippen molar-refractivity contribution in [1.29, 1.82) is 0 Å². The summed E-state index contributed by atoms with van der Waals surface area (Å²) >= 11 is 1.48. The van der Waals surface area contributed by atoms with Gasteiger partial charge in [0.25, 0.3) is 0 Å². The number of carbonyl (C=O) groups excluding carboxylic acids is 1. The second-order valence-corrected chi connectivity index (χ2v) is 5.20. The van der Waals surface area contributed by atoms with Gasteiger partial charge >= 0.3 is 5.97 Å². The topological polar surface area (TPSA) is 57.6 Å². The number of aliphatic carboxylic acids is 1. The predicted molar refractivity (Wildman–Crippen MR) is 64.6 cm³/mol. The van der Waals surface area contributed by atoms with E-state index >= 15 is 0 Å². The van der Waals surface area contributed by atoms with Crippen molar-refractivity contribution in [2.75, 3.05) is 25.1 Å². The first-order valence-corrected chi connectivity index (χ1v) is 6.95. The van der Waals surface area contributed by atoms with Gasteiger partial charge in [0.15, 0.2) is 0 Å². The summed E-state index contributed by atoms with van der Waals surface area (Å²) in [6.45, 7) is 2.96. The second kappa shape index (κ2) is 5.57. The van der Waals surface area contributed by atoms with Crippen LogP contribution in [0.1, 0.15) is 26.2 Å². The molecule has 92 valence electrons. The Kier molecular flexibility index (Phi) is 4.65. The number of carboxylic acid groups (broad SMARTS) is 1. The van der Waals surface area contributed by atoms with Gasteiger partial charge in [-0.05, 0) is 19.1 Å². The lowest BCUT2D eigenvalue weighted by Crippen LogP contribution is -2.37. The minimum atomic E-state index is -0.756. The van der Waals surface area contributed by atoms with E-state index in [-0.39, 0.29) is 5.91 Å². The average Bonchev–Trinajstić information content (AvgIpc) is 2.64. The molecule has 1 heterocycles. The number of hydrogen-bond acceptors (Lipinski definition) is 3. The molecule has 1 rings (SSSR count). The molecule has 16 heavy (non-hydrogen) atoms. The number of amides is 1. The highest BCUT2D eigenvalue weighted by Crippen LogP contribution is 2.35. The average molecular weight is 245 g/mol. The van der Waals surface area contributed by atoms with Crippen LogP contribution in [-0.2, 0) is 9.59 Å². The largest absolute Gasteiger partial charge is 0.481 e. The first-order chi connectivity index (χ1) is 7.55. The van der Waals surface area contributed by atoms with Crippen LogP contribution in [0.5, 0.6) is 0 Å². The molecule has 1 atom stereocenters. The van der Waals surface area contributed by atoms with Gasteiger partial charge in [-0.2, -0.15) is 11.8 Å². The molecule has 1 aliphatic heterocycles. The molecule has 1 saturated heterocycles. The quantitative estimate of drug-likeness (QED) is 0.796. The van der Waals surface area contributed by atoms with E-state index in [2.05, 4.69) is 0 Å². The van der Waals surface area contributed by atoms with Crippen LogP contribution in [0.4, 0.5) is 0 Å². The van der Waals surface area contributed by atoms with Gasteiger partial charge in [-0.3, -0.25) is 9.59 Å². The molecule has 0 aliphatic carbocycles. The van der Waals surface area contributed by atoms with E-state index < -0.39 is 11.4 Å². The summed E-state index contributed by atoms with van der Waals surface area (Å²) in [6.07, 6.45) is 3.98. The third kappa shape index (κ3) is 2.70. The van der Waals surface area contributed by atoms with Crippen LogP contribution in [-0.4, -0.2) is 47.0 Å². The third-order valence-corrected chi connectivity index (χ3v) is 3.69. The molecule has 0 spiro atoms. The molecule has 0 bridgehead atoms. The van der Waals surface area contributed by atoms with E-state index in [1.54, 1.807) is 4.90 Å². The summed E-state index contributed by atoms with van der Waals surface area (Å²) in [5.74, 6) is -0.248. The summed E-state index contributed by atoms with van der Waals surface area (Å²) in [5, 5.41) is 9.28. The number of thioether (sulfide) groups is 1. The highest BCUT2D eigenvalue weighted by molar-refractivity contribution is 7.99. The normalized spacial score (nSPS) is 24.8. The van der Waals surface area contributed by atoms with Crippen LogP contribution in [0.2, 0.25) is 0 Å². The zero-order valence-electron chi connectivity index (χ0n) is 9.86. The maximum absolute atomic E-state index is 11.7. The fourth-order valence-corrected chi connectivity index (χ4v) is 2.69. The summed E-state index contributed by atoms with van der Waals surface area (Å²) in [5.41, 5.74) is -0.692. The lowest BCUT2D eigenvalue weighted by molar-refractivity contribution is -0.148. The molecule has 0 aromatic heterocycles. The fourth-order valence-electron chi connectivity index (χ4n) is 2.26. The monoisotopic (exact) mass is 245 g/mol. The molecule has 1 unspecified atom stereocenters. The fraction of sp³-hybridized carbons (Fsp3) is 0.818. The van der Waals surface area contributed by atoms with Crippen molar-refractivity contribution < 1.29 is 14.7 Å². The predicted octanol–water partition coefficient (Wildman–Crippen LogP) is 1.45. The summed E-state index contributed by atoms with van der Waals surface area (Å²) in [4.78, 5) is 24.7. The highest BCUT2D eigenvalue weighted by Gasteiger charge is 2.45. The van der Waals surface area contributed by atoms with Gasteiger partial charge in [0, 0.05) is 13.1 Å². The van der Waals surface area contributed by atoms with E-state index in [9.17, 15) is 14.7 Å². The maximum Gasteiger partial charge on any atom is 0.311 e. The van der Waals surface area contributed by atoms with Crippen LogP contribution in [0.25, 0.3) is 0 Å². The van der Waals surface area contributed by atoms with Crippen LogP contribution < -0.4 is 0 Å². The summed E-state index contributed by atoms with van der Waals surface area (Å²) < 4.78 is 0. The molecule has 1 fully saturated rings. The van der Waals surface area contributed by atoms with Gasteiger partial charge in [-0.15, -0.1) is 0 Å². The van der Waals surface area contributed by atoms with Crippen molar-refractivity contribution in [3.05, 3.63) is 0 Å². The second-order valence-electron chi connectivity index (χ2n) is 4.33. The van der Waals surface area contributed by atoms with Crippen LogP contribution in [0.15, 0.2) is 0 Å². The Morgan fingerprint density at radius 1 is 1.50 bits per heavy atom. The maximum atomic E-state index is 11.7. The molecule has 0 radical (unpaired) electrons. The lowest BCUT2D eigenvalue weighted by Gasteiger charge is -2.24. The lowest BCUT2D eigenvalue weighted by atomic mass is 9.83. The molecule has 1 N–H and O–H groups in total. The van der Waals surface area contributed by atoms with Gasteiger partial charge < -0.3 is 10.0 Å². The molecule has 0 saturated carbocycles. The summed E-state index contributed by atoms with van der Waals surface area (Å²) in [6, 6.07) is 0. The Balaban J connectivity index is 2.66. The minimum Gasteiger partial charge on any atom is -0.481 e. The number of likely N-dealkylation sites (tertiary alicyclic amines) is 1. The Morgan fingerprint density at radius 3 is 2.69 bits per heavy atom. The molecule has 0 aromatic carbocycles. The third-order valence-electron chi connectivity index (χ3n) is 3.16. The number of hydrogen-bond donors (Lipinski definition) is 1. The van der Waals surface area contributed by atoms with Crippen molar-refractivity contribution in [3.63, 3.8) is 0 Å². The zero-order chi connectivity index (χ0) is 12.2. The first-order valence-electron chi connectivity index (χ1n) is 5.56. The van der Waals surface area contributed by atoms with Crippen molar-refractivity contribution in [2.45, 2.75) is 26.2 Å². The summed E-state index contributed by atoms with van der Waals surface area (Å²) in [7, 11) is 0. The number of carbonyl (C=O) groups is 2. The van der Waals surface area contributed by atoms with Gasteiger partial charge in [0.2, 0.25) is 5.91 Å².